The van der Waals surface area contributed by atoms with Crippen LogP contribution in [-0.2, 0) is 16.1 Å². The van der Waals surface area contributed by atoms with Gasteiger partial charge in [0.2, 0.25) is 11.8 Å². The molecule has 10 nitrogen and oxygen atoms in total. The number of imide groups is 1. The Bertz CT molecular complexity index is 921. The average Bonchev–Trinajstić information content (AvgIpc) is 3.38. The summed E-state index contributed by atoms with van der Waals surface area (Å²) in [4.78, 5) is 39.4. The number of hydrogen-bond acceptors (Lipinski definition) is 7. The fourth-order valence-corrected chi connectivity index (χ4v) is 3.88. The first kappa shape index (κ1) is 19.9. The molecule has 2 saturated heterocycles. The van der Waals surface area contributed by atoms with Gasteiger partial charge < -0.3 is 19.5 Å². The predicted octanol–water partition coefficient (Wildman–Crippen LogP) is 0.611. The standard InChI is InChI=1S/C20H23N5O5/c26-19-5-6-20(27)24(19)14-22-7-9-23(10-8-22)15-3-4-18(25(28)29)17(12-15)21-13-16-2-1-11-30-16/h1-4,11-12,21H,5-10,13-14H2/p+1. The van der Waals surface area contributed by atoms with Crippen LogP contribution in [0, 0.1) is 10.1 Å². The van der Waals surface area contributed by atoms with Gasteiger partial charge >= 0.3 is 0 Å². The molecular weight excluding hydrogens is 390 g/mol. The van der Waals surface area contributed by atoms with Crippen LogP contribution in [0.4, 0.5) is 17.1 Å². The highest BCUT2D eigenvalue weighted by molar-refractivity contribution is 6.01. The minimum atomic E-state index is -0.402. The summed E-state index contributed by atoms with van der Waals surface area (Å²) >= 11 is 0. The van der Waals surface area contributed by atoms with Gasteiger partial charge in [-0.3, -0.25) is 19.7 Å². The Hall–Kier alpha value is -3.40. The van der Waals surface area contributed by atoms with Gasteiger partial charge in [-0.15, -0.1) is 0 Å². The zero-order valence-electron chi connectivity index (χ0n) is 16.5. The van der Waals surface area contributed by atoms with Crippen molar-refractivity contribution in [1.82, 2.24) is 4.90 Å². The Balaban J connectivity index is 1.40. The third kappa shape index (κ3) is 4.28. The number of anilines is 2. The molecule has 1 aromatic heterocycles. The molecule has 2 aliphatic rings. The van der Waals surface area contributed by atoms with Crippen LogP contribution in [-0.4, -0.2) is 54.5 Å². The second kappa shape index (κ2) is 8.54. The van der Waals surface area contributed by atoms with E-state index in [1.807, 2.05) is 0 Å². The monoisotopic (exact) mass is 414 g/mol. The lowest BCUT2D eigenvalue weighted by molar-refractivity contribution is -0.907. The number of nitrogens with one attached hydrogen (secondary N) is 2. The van der Waals surface area contributed by atoms with Crippen molar-refractivity contribution in [3.05, 3.63) is 52.5 Å². The van der Waals surface area contributed by atoms with Crippen LogP contribution in [0.2, 0.25) is 0 Å². The van der Waals surface area contributed by atoms with Gasteiger partial charge in [0.1, 0.15) is 11.4 Å². The van der Waals surface area contributed by atoms with Crippen LogP contribution in [0.25, 0.3) is 0 Å². The van der Waals surface area contributed by atoms with Gasteiger partial charge in [0, 0.05) is 24.6 Å². The van der Waals surface area contributed by atoms with E-state index in [4.69, 9.17) is 4.42 Å². The number of furan rings is 1. The zero-order chi connectivity index (χ0) is 21.1. The van der Waals surface area contributed by atoms with Crippen molar-refractivity contribution in [1.29, 1.82) is 0 Å². The van der Waals surface area contributed by atoms with E-state index < -0.39 is 4.92 Å². The average molecular weight is 414 g/mol. The van der Waals surface area contributed by atoms with Crippen LogP contribution in [0.5, 0.6) is 0 Å². The fraction of sp³-hybridized carbons (Fsp3) is 0.400. The van der Waals surface area contributed by atoms with E-state index in [1.54, 1.807) is 30.5 Å². The molecule has 1 aromatic carbocycles. The normalized spacial score (nSPS) is 17.6. The quantitative estimate of drug-likeness (QED) is 0.388. The second-order valence-electron chi connectivity index (χ2n) is 7.50. The number of quaternary nitrogens is 1. The smallest absolute Gasteiger partial charge is 0.292 e. The molecule has 2 N–H and O–H groups in total. The van der Waals surface area contributed by atoms with Crippen LogP contribution in [0.15, 0.2) is 41.0 Å². The third-order valence-electron chi connectivity index (χ3n) is 5.58. The van der Waals surface area contributed by atoms with Gasteiger partial charge in [-0.1, -0.05) is 0 Å². The van der Waals surface area contributed by atoms with Crippen molar-refractivity contribution >= 4 is 28.9 Å². The number of benzene rings is 1. The maximum absolute atomic E-state index is 11.8. The van der Waals surface area contributed by atoms with Crippen molar-refractivity contribution in [2.75, 3.05) is 43.1 Å². The summed E-state index contributed by atoms with van der Waals surface area (Å²) in [5.74, 6) is 0.521. The van der Waals surface area contributed by atoms with Crippen molar-refractivity contribution in [2.24, 2.45) is 0 Å². The minimum absolute atomic E-state index is 0.0145. The molecule has 10 heteroatoms. The summed E-state index contributed by atoms with van der Waals surface area (Å²) in [5, 5.41) is 14.5. The van der Waals surface area contributed by atoms with Crippen LogP contribution in [0.1, 0.15) is 18.6 Å². The number of carbonyl (C=O) groups is 2. The van der Waals surface area contributed by atoms with E-state index in [-0.39, 0.29) is 17.5 Å². The second-order valence-corrected chi connectivity index (χ2v) is 7.50. The molecule has 158 valence electrons. The Morgan fingerprint density at radius 1 is 1.13 bits per heavy atom. The predicted molar refractivity (Wildman–Crippen MR) is 108 cm³/mol. The van der Waals surface area contributed by atoms with Crippen molar-refractivity contribution in [2.45, 2.75) is 19.4 Å². The molecule has 0 atom stereocenters. The highest BCUT2D eigenvalue weighted by Crippen LogP contribution is 2.30. The molecule has 4 rings (SSSR count). The van der Waals surface area contributed by atoms with Gasteiger partial charge in [-0.2, -0.15) is 0 Å². The maximum Gasteiger partial charge on any atom is 0.292 e. The van der Waals surface area contributed by atoms with Gasteiger partial charge in [-0.05, 0) is 24.3 Å². The first-order valence-electron chi connectivity index (χ1n) is 9.97. The van der Waals surface area contributed by atoms with Crippen LogP contribution >= 0.6 is 0 Å². The van der Waals surface area contributed by atoms with Gasteiger partial charge in [-0.25, -0.2) is 4.90 Å². The first-order chi connectivity index (χ1) is 14.5. The largest absolute Gasteiger partial charge is 0.467 e. The molecule has 0 aliphatic carbocycles. The van der Waals surface area contributed by atoms with Crippen molar-refractivity contribution in [3.8, 4) is 0 Å². The lowest BCUT2D eigenvalue weighted by Gasteiger charge is -2.35. The number of nitrogens with zero attached hydrogens (tertiary/aromatic N) is 3. The number of amides is 2. The summed E-state index contributed by atoms with van der Waals surface area (Å²) in [6.07, 6.45) is 2.19. The maximum atomic E-state index is 11.8. The molecule has 30 heavy (non-hydrogen) atoms. The third-order valence-corrected chi connectivity index (χ3v) is 5.58. The summed E-state index contributed by atoms with van der Waals surface area (Å²) in [6.45, 7) is 3.81. The molecular formula is C20H24N5O5+. The van der Waals surface area contributed by atoms with E-state index in [9.17, 15) is 19.7 Å². The van der Waals surface area contributed by atoms with E-state index in [0.29, 0.717) is 37.5 Å². The van der Waals surface area contributed by atoms with E-state index in [2.05, 4.69) is 10.2 Å². The summed E-state index contributed by atoms with van der Waals surface area (Å²) in [7, 11) is 0. The topological polar surface area (TPSA) is 113 Å². The molecule has 2 amide bonds. The fourth-order valence-electron chi connectivity index (χ4n) is 3.88. The number of nitro groups is 1. The molecule has 0 bridgehead atoms. The van der Waals surface area contributed by atoms with Gasteiger partial charge in [0.25, 0.3) is 5.69 Å². The summed E-state index contributed by atoms with van der Waals surface area (Å²) in [5.41, 5.74) is 1.35. The summed E-state index contributed by atoms with van der Waals surface area (Å²) in [6, 6.07) is 8.64. The van der Waals surface area contributed by atoms with Crippen LogP contribution in [0.3, 0.4) is 0 Å². The highest BCUT2D eigenvalue weighted by Gasteiger charge is 2.33. The Kier molecular flexibility index (Phi) is 5.66. The Morgan fingerprint density at radius 2 is 1.87 bits per heavy atom. The zero-order valence-corrected chi connectivity index (χ0v) is 16.5. The number of nitro benzene ring substituents is 1. The molecule has 3 heterocycles. The lowest BCUT2D eigenvalue weighted by Crippen LogP contribution is -3.16. The summed E-state index contributed by atoms with van der Waals surface area (Å²) < 4.78 is 5.29. The highest BCUT2D eigenvalue weighted by atomic mass is 16.6. The van der Waals surface area contributed by atoms with Crippen LogP contribution < -0.4 is 15.1 Å². The van der Waals surface area contributed by atoms with E-state index >= 15 is 0 Å². The van der Waals surface area contributed by atoms with E-state index in [1.165, 1.54) is 15.9 Å². The van der Waals surface area contributed by atoms with Gasteiger partial charge in [0.15, 0.2) is 6.67 Å². The minimum Gasteiger partial charge on any atom is -0.467 e. The Labute approximate surface area is 173 Å². The number of likely N-dealkylation sites (tertiary alicyclic amines) is 1. The molecule has 2 fully saturated rings. The van der Waals surface area contributed by atoms with Crippen molar-refractivity contribution in [3.63, 3.8) is 0 Å². The van der Waals surface area contributed by atoms with Crippen molar-refractivity contribution < 1.29 is 23.8 Å². The molecule has 0 radical (unpaired) electrons. The molecule has 2 aromatic rings. The molecule has 2 aliphatic heterocycles. The molecule has 0 saturated carbocycles. The Morgan fingerprint density at radius 3 is 2.50 bits per heavy atom. The molecule has 0 unspecified atom stereocenters. The number of rotatable bonds is 7. The number of hydrogen-bond donors (Lipinski definition) is 2. The van der Waals surface area contributed by atoms with E-state index in [0.717, 1.165) is 31.9 Å². The first-order valence-corrected chi connectivity index (χ1v) is 9.97. The molecule has 0 spiro atoms. The number of piperazine rings is 1. The lowest BCUT2D eigenvalue weighted by atomic mass is 10.2. The number of carbonyl (C=O) groups excluding carboxylic acids is 2. The van der Waals surface area contributed by atoms with Gasteiger partial charge in [0.05, 0.1) is 43.9 Å². The SMILES string of the molecule is O=C1CCC(=O)N1C[NH+]1CCN(c2ccc([N+](=O)[O-])c(NCc3ccco3)c2)CC1.